The largest absolute Gasteiger partial charge is 0.497 e. The Kier molecular flexibility index (Phi) is 5.15. The normalized spacial score (nSPS) is 22.8. The maximum Gasteiger partial charge on any atom is 0.119 e. The second-order valence-electron chi connectivity index (χ2n) is 6.66. The highest BCUT2D eigenvalue weighted by molar-refractivity contribution is 7.10. The van der Waals surface area contributed by atoms with Crippen molar-refractivity contribution < 1.29 is 14.3 Å². The number of hydrogen-bond donors (Lipinski definition) is 0. The van der Waals surface area contributed by atoms with Gasteiger partial charge in [-0.25, -0.2) is 4.98 Å². The van der Waals surface area contributed by atoms with E-state index in [0.717, 1.165) is 24.5 Å². The quantitative estimate of drug-likeness (QED) is 0.622. The highest BCUT2D eigenvalue weighted by Crippen LogP contribution is 2.43. The molecular weight excluding hydrogens is 362 g/mol. The lowest BCUT2D eigenvalue weighted by Crippen LogP contribution is -2.40. The molecule has 0 saturated carbocycles. The molecule has 0 radical (unpaired) electrons. The molecule has 27 heavy (non-hydrogen) atoms. The average Bonchev–Trinajstić information content (AvgIpc) is 3.43. The number of benzene rings is 1. The molecule has 4 rings (SSSR count). The second kappa shape index (κ2) is 7.72. The monoisotopic (exact) mass is 385 g/mol. The number of rotatable bonds is 7. The van der Waals surface area contributed by atoms with Crippen LogP contribution in [-0.4, -0.2) is 41.5 Å². The van der Waals surface area contributed by atoms with Gasteiger partial charge in [0.25, 0.3) is 0 Å². The smallest absolute Gasteiger partial charge is 0.119 e. The molecule has 2 unspecified atom stereocenters. The molecule has 2 atom stereocenters. The van der Waals surface area contributed by atoms with Crippen LogP contribution in [0, 0.1) is 0 Å². The van der Waals surface area contributed by atoms with Crippen molar-refractivity contribution in [2.75, 3.05) is 20.8 Å². The van der Waals surface area contributed by atoms with Gasteiger partial charge in [0.15, 0.2) is 0 Å². The van der Waals surface area contributed by atoms with Crippen LogP contribution < -0.4 is 9.47 Å². The summed E-state index contributed by atoms with van der Waals surface area (Å²) >= 11 is 1.76. The molecule has 1 aromatic carbocycles. The SMILES string of the molecule is COc1ccc(OCC2CC(Cn3ccnc3)(c3cccs3)N(C)O2)cc1. The zero-order chi connectivity index (χ0) is 18.7. The van der Waals surface area contributed by atoms with Crippen LogP contribution in [0.4, 0.5) is 0 Å². The van der Waals surface area contributed by atoms with E-state index in [1.54, 1.807) is 18.4 Å². The first-order valence-corrected chi connectivity index (χ1v) is 9.75. The van der Waals surface area contributed by atoms with Crippen molar-refractivity contribution >= 4 is 11.3 Å². The summed E-state index contributed by atoms with van der Waals surface area (Å²) in [6.45, 7) is 1.27. The minimum absolute atomic E-state index is 0.0253. The first kappa shape index (κ1) is 18.0. The molecule has 3 heterocycles. The van der Waals surface area contributed by atoms with E-state index in [1.165, 1.54) is 4.88 Å². The Morgan fingerprint density at radius 2 is 2.07 bits per heavy atom. The van der Waals surface area contributed by atoms with Crippen LogP contribution in [0.25, 0.3) is 0 Å². The summed E-state index contributed by atoms with van der Waals surface area (Å²) in [6.07, 6.45) is 6.47. The Morgan fingerprint density at radius 3 is 2.74 bits per heavy atom. The molecule has 0 aliphatic carbocycles. The minimum Gasteiger partial charge on any atom is -0.497 e. The van der Waals surface area contributed by atoms with E-state index < -0.39 is 0 Å². The number of thiophene rings is 1. The van der Waals surface area contributed by atoms with Crippen molar-refractivity contribution in [3.63, 3.8) is 0 Å². The number of aromatic nitrogens is 2. The van der Waals surface area contributed by atoms with Gasteiger partial charge in [-0.2, -0.15) is 5.06 Å². The van der Waals surface area contributed by atoms with Gasteiger partial charge in [-0.15, -0.1) is 11.3 Å². The molecule has 0 bridgehead atoms. The summed E-state index contributed by atoms with van der Waals surface area (Å²) in [5, 5.41) is 4.10. The van der Waals surface area contributed by atoms with E-state index in [-0.39, 0.29) is 11.6 Å². The van der Waals surface area contributed by atoms with E-state index in [2.05, 4.69) is 27.1 Å². The third kappa shape index (κ3) is 3.71. The Morgan fingerprint density at radius 1 is 1.26 bits per heavy atom. The predicted molar refractivity (Wildman–Crippen MR) is 104 cm³/mol. The molecule has 0 N–H and O–H groups in total. The minimum atomic E-state index is -0.233. The van der Waals surface area contributed by atoms with E-state index in [0.29, 0.717) is 6.61 Å². The Hall–Kier alpha value is -2.35. The lowest BCUT2D eigenvalue weighted by molar-refractivity contribution is -0.178. The summed E-state index contributed by atoms with van der Waals surface area (Å²) in [4.78, 5) is 11.6. The molecule has 1 aliphatic heterocycles. The van der Waals surface area contributed by atoms with Gasteiger partial charge in [-0.05, 0) is 35.7 Å². The number of hydrogen-bond acceptors (Lipinski definition) is 6. The third-order valence-electron chi connectivity index (χ3n) is 4.95. The van der Waals surface area contributed by atoms with Crippen LogP contribution in [0.1, 0.15) is 11.3 Å². The number of imidazole rings is 1. The molecular formula is C20H23N3O3S. The highest BCUT2D eigenvalue weighted by Gasteiger charge is 2.47. The zero-order valence-corrected chi connectivity index (χ0v) is 16.3. The van der Waals surface area contributed by atoms with Gasteiger partial charge in [-0.1, -0.05) is 6.07 Å². The van der Waals surface area contributed by atoms with E-state index >= 15 is 0 Å². The van der Waals surface area contributed by atoms with Gasteiger partial charge in [-0.3, -0.25) is 4.84 Å². The highest BCUT2D eigenvalue weighted by atomic mass is 32.1. The van der Waals surface area contributed by atoms with Crippen LogP contribution in [0.2, 0.25) is 0 Å². The lowest BCUT2D eigenvalue weighted by atomic mass is 9.91. The average molecular weight is 385 g/mol. The van der Waals surface area contributed by atoms with Crippen LogP contribution >= 0.6 is 11.3 Å². The fraction of sp³-hybridized carbons (Fsp3) is 0.350. The maximum atomic E-state index is 6.17. The van der Waals surface area contributed by atoms with Crippen LogP contribution in [0.15, 0.2) is 60.5 Å². The summed E-state index contributed by atoms with van der Waals surface area (Å²) < 4.78 is 13.3. The van der Waals surface area contributed by atoms with Crippen LogP contribution in [0.5, 0.6) is 11.5 Å². The predicted octanol–water partition coefficient (Wildman–Crippen LogP) is 3.56. The van der Waals surface area contributed by atoms with Crippen molar-refractivity contribution in [3.05, 3.63) is 65.4 Å². The molecule has 0 spiro atoms. The molecule has 0 amide bonds. The summed E-state index contributed by atoms with van der Waals surface area (Å²) in [5.74, 6) is 1.63. The van der Waals surface area contributed by atoms with Gasteiger partial charge in [0.2, 0.25) is 0 Å². The molecule has 2 aromatic heterocycles. The number of likely N-dealkylation sites (N-methyl/N-ethyl adjacent to an activating group) is 1. The van der Waals surface area contributed by atoms with E-state index in [9.17, 15) is 0 Å². The maximum absolute atomic E-state index is 6.17. The summed E-state index contributed by atoms with van der Waals surface area (Å²) in [7, 11) is 3.66. The van der Waals surface area contributed by atoms with Gasteiger partial charge >= 0.3 is 0 Å². The van der Waals surface area contributed by atoms with Crippen molar-refractivity contribution in [2.24, 2.45) is 0 Å². The van der Waals surface area contributed by atoms with E-state index in [4.69, 9.17) is 14.3 Å². The van der Waals surface area contributed by atoms with Gasteiger partial charge < -0.3 is 14.0 Å². The number of methoxy groups -OCH3 is 1. The molecule has 1 aliphatic rings. The van der Waals surface area contributed by atoms with Crippen molar-refractivity contribution in [2.45, 2.75) is 24.6 Å². The second-order valence-corrected chi connectivity index (χ2v) is 7.61. The number of ether oxygens (including phenoxy) is 2. The summed E-state index contributed by atoms with van der Waals surface area (Å²) in [5.41, 5.74) is -0.233. The summed E-state index contributed by atoms with van der Waals surface area (Å²) in [6, 6.07) is 11.9. The van der Waals surface area contributed by atoms with E-state index in [1.807, 2.05) is 55.1 Å². The van der Waals surface area contributed by atoms with Crippen molar-refractivity contribution in [1.29, 1.82) is 0 Å². The van der Waals surface area contributed by atoms with Crippen molar-refractivity contribution in [1.82, 2.24) is 14.6 Å². The molecule has 7 heteroatoms. The first-order valence-electron chi connectivity index (χ1n) is 8.87. The number of nitrogens with zero attached hydrogens (tertiary/aromatic N) is 3. The standard InChI is InChI=1S/C20H23N3O3S/c1-22-20(19-4-3-11-27-19,14-23-10-9-21-15-23)12-18(26-22)13-25-17-7-5-16(24-2)6-8-17/h3-11,15,18H,12-14H2,1-2H3. The topological polar surface area (TPSA) is 48.8 Å². The molecule has 3 aromatic rings. The Balaban J connectivity index is 1.48. The fourth-order valence-electron chi connectivity index (χ4n) is 3.54. The Bertz CT molecular complexity index is 836. The number of hydroxylamine groups is 2. The van der Waals surface area contributed by atoms with Crippen LogP contribution in [0.3, 0.4) is 0 Å². The fourth-order valence-corrected chi connectivity index (χ4v) is 4.50. The zero-order valence-electron chi connectivity index (χ0n) is 15.4. The molecule has 1 fully saturated rings. The van der Waals surface area contributed by atoms with Gasteiger partial charge in [0.05, 0.1) is 13.4 Å². The lowest BCUT2D eigenvalue weighted by Gasteiger charge is -2.33. The Labute approximate surface area is 162 Å². The van der Waals surface area contributed by atoms with Gasteiger partial charge in [0, 0.05) is 37.3 Å². The van der Waals surface area contributed by atoms with Gasteiger partial charge in [0.1, 0.15) is 29.7 Å². The molecule has 1 saturated heterocycles. The molecule has 6 nitrogen and oxygen atoms in total. The molecule has 142 valence electrons. The van der Waals surface area contributed by atoms with Crippen LogP contribution in [-0.2, 0) is 16.9 Å². The van der Waals surface area contributed by atoms with Crippen molar-refractivity contribution in [3.8, 4) is 11.5 Å². The third-order valence-corrected chi connectivity index (χ3v) is 6.02. The first-order chi connectivity index (χ1) is 13.2.